The molecule has 1 aromatic carbocycles. The number of hydrogen-bond donors (Lipinski definition) is 1. The maximum Gasteiger partial charge on any atom is 0.252 e. The van der Waals surface area contributed by atoms with Crippen molar-refractivity contribution in [1.29, 1.82) is 0 Å². The van der Waals surface area contributed by atoms with Gasteiger partial charge in [-0.3, -0.25) is 14.5 Å². The molecule has 0 saturated carbocycles. The molecule has 3 heterocycles. The van der Waals surface area contributed by atoms with Crippen LogP contribution in [-0.2, 0) is 6.54 Å². The summed E-state index contributed by atoms with van der Waals surface area (Å²) in [6, 6.07) is 11.4. The van der Waals surface area contributed by atoms with Gasteiger partial charge in [-0.1, -0.05) is 11.6 Å². The van der Waals surface area contributed by atoms with E-state index in [-0.39, 0.29) is 5.91 Å². The van der Waals surface area contributed by atoms with E-state index in [0.717, 1.165) is 6.20 Å². The topological polar surface area (TPSA) is 85.6 Å². The number of amides is 1. The SMILES string of the molecule is O=C(NCCn1ccc(-c2ccc(F)cn2)n1)c1cc(Cl)ccc1-c1ncccn1. The largest absolute Gasteiger partial charge is 0.350 e. The van der Waals surface area contributed by atoms with E-state index in [1.54, 1.807) is 59.7 Å². The van der Waals surface area contributed by atoms with Gasteiger partial charge in [0.25, 0.3) is 5.91 Å². The van der Waals surface area contributed by atoms with Crippen LogP contribution in [0.3, 0.4) is 0 Å². The van der Waals surface area contributed by atoms with E-state index in [2.05, 4.69) is 25.4 Å². The van der Waals surface area contributed by atoms with Gasteiger partial charge in [-0.2, -0.15) is 5.10 Å². The summed E-state index contributed by atoms with van der Waals surface area (Å²) < 4.78 is 14.7. The van der Waals surface area contributed by atoms with Gasteiger partial charge in [0.05, 0.1) is 24.0 Å². The van der Waals surface area contributed by atoms with Gasteiger partial charge < -0.3 is 5.32 Å². The Kier molecular flexibility index (Phi) is 5.76. The molecule has 0 fully saturated rings. The number of rotatable bonds is 6. The van der Waals surface area contributed by atoms with Crippen molar-refractivity contribution in [2.75, 3.05) is 6.54 Å². The molecule has 0 aliphatic rings. The Morgan fingerprint density at radius 1 is 1.07 bits per heavy atom. The Bertz CT molecular complexity index is 1160. The first-order chi connectivity index (χ1) is 14.6. The molecule has 4 rings (SSSR count). The molecule has 0 unspecified atom stereocenters. The van der Waals surface area contributed by atoms with Crippen LogP contribution in [0.2, 0.25) is 5.02 Å². The summed E-state index contributed by atoms with van der Waals surface area (Å²) in [6.45, 7) is 0.795. The van der Waals surface area contributed by atoms with E-state index in [0.29, 0.717) is 46.5 Å². The Labute approximate surface area is 176 Å². The fourth-order valence-corrected chi connectivity index (χ4v) is 3.04. The van der Waals surface area contributed by atoms with Crippen molar-refractivity contribution in [2.45, 2.75) is 6.54 Å². The number of hydrogen-bond acceptors (Lipinski definition) is 5. The first-order valence-electron chi connectivity index (χ1n) is 9.11. The molecule has 0 aliphatic carbocycles. The monoisotopic (exact) mass is 422 g/mol. The molecule has 0 atom stereocenters. The highest BCUT2D eigenvalue weighted by atomic mass is 35.5. The highest BCUT2D eigenvalue weighted by Crippen LogP contribution is 2.23. The average molecular weight is 423 g/mol. The van der Waals surface area contributed by atoms with Gasteiger partial charge in [0, 0.05) is 35.7 Å². The van der Waals surface area contributed by atoms with Crippen LogP contribution in [0.5, 0.6) is 0 Å². The zero-order chi connectivity index (χ0) is 20.9. The molecule has 0 spiro atoms. The maximum atomic E-state index is 13.0. The van der Waals surface area contributed by atoms with Crippen LogP contribution >= 0.6 is 11.6 Å². The van der Waals surface area contributed by atoms with E-state index in [1.165, 1.54) is 6.07 Å². The number of benzene rings is 1. The Morgan fingerprint density at radius 2 is 1.90 bits per heavy atom. The number of aromatic nitrogens is 5. The highest BCUT2D eigenvalue weighted by molar-refractivity contribution is 6.31. The smallest absolute Gasteiger partial charge is 0.252 e. The first kappa shape index (κ1) is 19.7. The molecule has 9 heteroatoms. The second-order valence-electron chi connectivity index (χ2n) is 6.34. The quantitative estimate of drug-likeness (QED) is 0.513. The van der Waals surface area contributed by atoms with Gasteiger partial charge in [0.2, 0.25) is 0 Å². The molecule has 3 aromatic heterocycles. The zero-order valence-electron chi connectivity index (χ0n) is 15.7. The van der Waals surface area contributed by atoms with E-state index < -0.39 is 5.82 Å². The highest BCUT2D eigenvalue weighted by Gasteiger charge is 2.15. The van der Waals surface area contributed by atoms with E-state index >= 15 is 0 Å². The number of nitrogens with zero attached hydrogens (tertiary/aromatic N) is 5. The van der Waals surface area contributed by atoms with E-state index in [1.807, 2.05) is 0 Å². The van der Waals surface area contributed by atoms with Crippen molar-refractivity contribution in [3.63, 3.8) is 0 Å². The van der Waals surface area contributed by atoms with Gasteiger partial charge >= 0.3 is 0 Å². The second kappa shape index (κ2) is 8.79. The third-order valence-corrected chi connectivity index (χ3v) is 4.52. The van der Waals surface area contributed by atoms with Crippen LogP contribution in [-0.4, -0.2) is 37.2 Å². The molecule has 150 valence electrons. The van der Waals surface area contributed by atoms with Crippen molar-refractivity contribution >= 4 is 17.5 Å². The van der Waals surface area contributed by atoms with E-state index in [4.69, 9.17) is 11.6 Å². The number of carbonyl (C=O) groups excluding carboxylic acids is 1. The van der Waals surface area contributed by atoms with Gasteiger partial charge in [-0.25, -0.2) is 14.4 Å². The number of halogens is 2. The minimum Gasteiger partial charge on any atom is -0.350 e. The summed E-state index contributed by atoms with van der Waals surface area (Å²) in [5.74, 6) is -0.238. The lowest BCUT2D eigenvalue weighted by Gasteiger charge is -2.10. The lowest BCUT2D eigenvalue weighted by Crippen LogP contribution is -2.28. The van der Waals surface area contributed by atoms with Crippen LogP contribution in [0.25, 0.3) is 22.8 Å². The number of carbonyl (C=O) groups is 1. The third kappa shape index (κ3) is 4.49. The fraction of sp³-hybridized carbons (Fsp3) is 0.0952. The molecule has 0 saturated heterocycles. The van der Waals surface area contributed by atoms with Crippen molar-refractivity contribution in [3.05, 3.63) is 83.7 Å². The van der Waals surface area contributed by atoms with Crippen LogP contribution in [0.15, 0.2) is 67.3 Å². The standard InChI is InChI=1S/C21H16ClFN6O/c22-14-2-4-16(20-24-7-1-8-25-20)17(12-14)21(30)26-9-11-29-10-6-19(28-29)18-5-3-15(23)13-27-18/h1-8,10,12-13H,9,11H2,(H,26,30). The molecule has 7 nitrogen and oxygen atoms in total. The molecular formula is C21H16ClFN6O. The number of pyridine rings is 1. The van der Waals surface area contributed by atoms with Crippen molar-refractivity contribution in [3.8, 4) is 22.8 Å². The van der Waals surface area contributed by atoms with Crippen molar-refractivity contribution in [2.24, 2.45) is 0 Å². The Balaban J connectivity index is 1.42. The van der Waals surface area contributed by atoms with Crippen molar-refractivity contribution < 1.29 is 9.18 Å². The molecular weight excluding hydrogens is 407 g/mol. The maximum absolute atomic E-state index is 13.0. The lowest BCUT2D eigenvalue weighted by molar-refractivity contribution is 0.0952. The van der Waals surface area contributed by atoms with Gasteiger partial charge in [-0.05, 0) is 42.5 Å². The minimum atomic E-state index is -0.401. The van der Waals surface area contributed by atoms with Crippen LogP contribution < -0.4 is 5.32 Å². The Morgan fingerprint density at radius 3 is 2.67 bits per heavy atom. The average Bonchev–Trinajstić information content (AvgIpc) is 3.23. The molecule has 1 amide bonds. The predicted molar refractivity (Wildman–Crippen MR) is 110 cm³/mol. The fourth-order valence-electron chi connectivity index (χ4n) is 2.87. The van der Waals surface area contributed by atoms with Gasteiger partial charge in [0.15, 0.2) is 5.82 Å². The van der Waals surface area contributed by atoms with Crippen molar-refractivity contribution in [1.82, 2.24) is 30.0 Å². The lowest BCUT2D eigenvalue weighted by atomic mass is 10.1. The summed E-state index contributed by atoms with van der Waals surface area (Å²) in [5, 5.41) is 7.71. The molecule has 30 heavy (non-hydrogen) atoms. The van der Waals surface area contributed by atoms with Crippen LogP contribution in [0, 0.1) is 5.82 Å². The minimum absolute atomic E-state index is 0.285. The molecule has 0 aliphatic heterocycles. The van der Waals surface area contributed by atoms with Crippen LogP contribution in [0.1, 0.15) is 10.4 Å². The van der Waals surface area contributed by atoms with Gasteiger partial charge in [-0.15, -0.1) is 0 Å². The summed E-state index contributed by atoms with van der Waals surface area (Å²) in [5.41, 5.74) is 2.19. The molecule has 4 aromatic rings. The number of nitrogens with one attached hydrogen (secondary N) is 1. The molecule has 1 N–H and O–H groups in total. The summed E-state index contributed by atoms with van der Waals surface area (Å²) in [7, 11) is 0. The predicted octanol–water partition coefficient (Wildman–Crippen LogP) is 3.62. The second-order valence-corrected chi connectivity index (χ2v) is 6.78. The van der Waals surface area contributed by atoms with E-state index in [9.17, 15) is 9.18 Å². The normalized spacial score (nSPS) is 10.7. The zero-order valence-corrected chi connectivity index (χ0v) is 16.4. The van der Waals surface area contributed by atoms with Crippen LogP contribution in [0.4, 0.5) is 4.39 Å². The summed E-state index contributed by atoms with van der Waals surface area (Å²) in [6.07, 6.45) is 6.15. The molecule has 0 bridgehead atoms. The Hall–Kier alpha value is -3.65. The first-order valence-corrected chi connectivity index (χ1v) is 9.48. The van der Waals surface area contributed by atoms with Gasteiger partial charge in [0.1, 0.15) is 11.5 Å². The summed E-state index contributed by atoms with van der Waals surface area (Å²) >= 11 is 6.08. The third-order valence-electron chi connectivity index (χ3n) is 4.29. The summed E-state index contributed by atoms with van der Waals surface area (Å²) in [4.78, 5) is 25.2. The molecule has 0 radical (unpaired) electrons.